The molecule has 3 rings (SSSR count). The van der Waals surface area contributed by atoms with Gasteiger partial charge in [-0.15, -0.1) is 0 Å². The largest absolute Gasteiger partial charge is 0.481 e. The van der Waals surface area contributed by atoms with Crippen LogP contribution in [-0.2, 0) is 7.05 Å². The number of carbonyl (C=O) groups excluding carboxylic acids is 1. The molecule has 0 aliphatic carbocycles. The number of anilines is 1. The standard InChI is InChI=1S/C16H17N5O2/c1-9-7-12(14-10(2)20-21(3)15(14)18-9)16(22)19-11-5-6-13(23-4)17-8-11/h5-8H,1-4H3,(H,19,22). The number of aryl methyl sites for hydroxylation is 3. The Bertz CT molecular complexity index is 884. The number of amides is 1. The van der Waals surface area contributed by atoms with Crippen molar-refractivity contribution in [2.75, 3.05) is 12.4 Å². The molecule has 0 fully saturated rings. The van der Waals surface area contributed by atoms with Gasteiger partial charge in [0.2, 0.25) is 5.88 Å². The maximum absolute atomic E-state index is 12.7. The van der Waals surface area contributed by atoms with Crippen LogP contribution < -0.4 is 10.1 Å². The van der Waals surface area contributed by atoms with Gasteiger partial charge in [0, 0.05) is 18.8 Å². The summed E-state index contributed by atoms with van der Waals surface area (Å²) in [7, 11) is 3.36. The molecule has 3 heterocycles. The molecule has 0 atom stereocenters. The first-order valence-electron chi connectivity index (χ1n) is 7.12. The molecule has 3 aromatic heterocycles. The van der Waals surface area contributed by atoms with Gasteiger partial charge in [-0.25, -0.2) is 9.97 Å². The Morgan fingerprint density at radius 2 is 2.09 bits per heavy atom. The SMILES string of the molecule is COc1ccc(NC(=O)c2cc(C)nc3c2c(C)nn3C)cn1. The van der Waals surface area contributed by atoms with Crippen LogP contribution in [-0.4, -0.2) is 32.8 Å². The molecule has 0 radical (unpaired) electrons. The van der Waals surface area contributed by atoms with Crippen LogP contribution in [0.4, 0.5) is 5.69 Å². The molecule has 1 N–H and O–H groups in total. The monoisotopic (exact) mass is 311 g/mol. The molecular formula is C16H17N5O2. The lowest BCUT2D eigenvalue weighted by atomic mass is 10.1. The van der Waals surface area contributed by atoms with E-state index < -0.39 is 0 Å². The first kappa shape index (κ1) is 15.0. The molecule has 0 unspecified atom stereocenters. The summed E-state index contributed by atoms with van der Waals surface area (Å²) >= 11 is 0. The minimum absolute atomic E-state index is 0.219. The van der Waals surface area contributed by atoms with Crippen molar-refractivity contribution in [1.82, 2.24) is 19.7 Å². The summed E-state index contributed by atoms with van der Waals surface area (Å²) < 4.78 is 6.69. The fourth-order valence-corrected chi connectivity index (χ4v) is 2.52. The topological polar surface area (TPSA) is 81.9 Å². The predicted octanol–water partition coefficient (Wildman–Crippen LogP) is 2.24. The number of hydrogen-bond acceptors (Lipinski definition) is 5. The molecule has 0 spiro atoms. The molecule has 1 amide bonds. The molecule has 0 aromatic carbocycles. The summed E-state index contributed by atoms with van der Waals surface area (Å²) in [4.78, 5) is 21.2. The van der Waals surface area contributed by atoms with Gasteiger partial charge in [-0.05, 0) is 26.0 Å². The first-order valence-corrected chi connectivity index (χ1v) is 7.12. The van der Waals surface area contributed by atoms with E-state index in [0.717, 1.165) is 16.8 Å². The normalized spacial score (nSPS) is 10.8. The van der Waals surface area contributed by atoms with Crippen molar-refractivity contribution < 1.29 is 9.53 Å². The number of nitrogens with one attached hydrogen (secondary N) is 1. The Hall–Kier alpha value is -2.96. The predicted molar refractivity (Wildman–Crippen MR) is 86.7 cm³/mol. The zero-order valence-electron chi connectivity index (χ0n) is 13.4. The quantitative estimate of drug-likeness (QED) is 0.802. The molecule has 0 aliphatic heterocycles. The van der Waals surface area contributed by atoms with E-state index in [1.165, 1.54) is 0 Å². The van der Waals surface area contributed by atoms with E-state index in [1.807, 2.05) is 20.9 Å². The van der Waals surface area contributed by atoms with Gasteiger partial charge in [-0.3, -0.25) is 9.48 Å². The van der Waals surface area contributed by atoms with Crippen molar-refractivity contribution in [2.45, 2.75) is 13.8 Å². The number of ether oxygens (including phenoxy) is 1. The minimum atomic E-state index is -0.219. The summed E-state index contributed by atoms with van der Waals surface area (Å²) in [5, 5.41) is 7.95. The van der Waals surface area contributed by atoms with Crippen LogP contribution >= 0.6 is 0 Å². The molecule has 118 valence electrons. The second-order valence-corrected chi connectivity index (χ2v) is 5.26. The van der Waals surface area contributed by atoms with Crippen LogP contribution in [0.25, 0.3) is 11.0 Å². The molecule has 0 bridgehead atoms. The van der Waals surface area contributed by atoms with Crippen LogP contribution in [0.2, 0.25) is 0 Å². The van der Waals surface area contributed by atoms with E-state index >= 15 is 0 Å². The van der Waals surface area contributed by atoms with Crippen molar-refractivity contribution in [1.29, 1.82) is 0 Å². The lowest BCUT2D eigenvalue weighted by Gasteiger charge is -2.08. The number of nitrogens with zero attached hydrogens (tertiary/aromatic N) is 4. The lowest BCUT2D eigenvalue weighted by Crippen LogP contribution is -2.13. The van der Waals surface area contributed by atoms with Crippen LogP contribution in [0, 0.1) is 13.8 Å². The highest BCUT2D eigenvalue weighted by atomic mass is 16.5. The Kier molecular flexibility index (Phi) is 3.69. The number of hydrogen-bond donors (Lipinski definition) is 1. The number of pyridine rings is 2. The minimum Gasteiger partial charge on any atom is -0.481 e. The second kappa shape index (κ2) is 5.68. The van der Waals surface area contributed by atoms with Crippen molar-refractivity contribution in [3.8, 4) is 5.88 Å². The summed E-state index contributed by atoms with van der Waals surface area (Å²) in [5.74, 6) is 0.275. The number of fused-ring (bicyclic) bond motifs is 1. The highest BCUT2D eigenvalue weighted by Gasteiger charge is 2.17. The van der Waals surface area contributed by atoms with Gasteiger partial charge in [0.15, 0.2) is 5.65 Å². The van der Waals surface area contributed by atoms with Gasteiger partial charge in [0.25, 0.3) is 5.91 Å². The van der Waals surface area contributed by atoms with Crippen LogP contribution in [0.1, 0.15) is 21.7 Å². The van der Waals surface area contributed by atoms with Crippen LogP contribution in [0.3, 0.4) is 0 Å². The van der Waals surface area contributed by atoms with E-state index in [4.69, 9.17) is 4.74 Å². The van der Waals surface area contributed by atoms with Crippen LogP contribution in [0.15, 0.2) is 24.4 Å². The van der Waals surface area contributed by atoms with Gasteiger partial charge in [-0.2, -0.15) is 5.10 Å². The van der Waals surface area contributed by atoms with Crippen LogP contribution in [0.5, 0.6) is 5.88 Å². The zero-order chi connectivity index (χ0) is 16.6. The molecule has 7 nitrogen and oxygen atoms in total. The Labute approximate surface area is 133 Å². The Morgan fingerprint density at radius 3 is 2.74 bits per heavy atom. The van der Waals surface area contributed by atoms with E-state index in [1.54, 1.807) is 36.2 Å². The van der Waals surface area contributed by atoms with Gasteiger partial charge >= 0.3 is 0 Å². The third-order valence-electron chi connectivity index (χ3n) is 3.54. The van der Waals surface area contributed by atoms with Gasteiger partial charge in [0.05, 0.1) is 35.6 Å². The molecular weight excluding hydrogens is 294 g/mol. The molecule has 23 heavy (non-hydrogen) atoms. The van der Waals surface area contributed by atoms with E-state index in [0.29, 0.717) is 22.8 Å². The summed E-state index contributed by atoms with van der Waals surface area (Å²) in [5.41, 5.74) is 3.38. The van der Waals surface area contributed by atoms with E-state index in [-0.39, 0.29) is 5.91 Å². The summed E-state index contributed by atoms with van der Waals surface area (Å²) in [6, 6.07) is 5.20. The first-order chi connectivity index (χ1) is 11.0. The van der Waals surface area contributed by atoms with Gasteiger partial charge in [-0.1, -0.05) is 0 Å². The molecule has 0 aliphatic rings. The lowest BCUT2D eigenvalue weighted by molar-refractivity contribution is 0.102. The van der Waals surface area contributed by atoms with E-state index in [9.17, 15) is 4.79 Å². The Morgan fingerprint density at radius 1 is 1.30 bits per heavy atom. The number of rotatable bonds is 3. The number of carbonyl (C=O) groups is 1. The molecule has 0 saturated heterocycles. The average Bonchev–Trinajstić information content (AvgIpc) is 2.81. The second-order valence-electron chi connectivity index (χ2n) is 5.26. The smallest absolute Gasteiger partial charge is 0.256 e. The number of aromatic nitrogens is 4. The zero-order valence-corrected chi connectivity index (χ0v) is 13.4. The molecule has 3 aromatic rings. The third kappa shape index (κ3) is 2.73. The highest BCUT2D eigenvalue weighted by molar-refractivity contribution is 6.12. The molecule has 0 saturated carbocycles. The van der Waals surface area contributed by atoms with Gasteiger partial charge < -0.3 is 10.1 Å². The summed E-state index contributed by atoms with van der Waals surface area (Å²) in [6.45, 7) is 3.72. The maximum atomic E-state index is 12.7. The number of methoxy groups -OCH3 is 1. The highest BCUT2D eigenvalue weighted by Crippen LogP contribution is 2.23. The van der Waals surface area contributed by atoms with Gasteiger partial charge in [0.1, 0.15) is 0 Å². The average molecular weight is 311 g/mol. The Balaban J connectivity index is 2.00. The van der Waals surface area contributed by atoms with Crippen molar-refractivity contribution in [3.63, 3.8) is 0 Å². The maximum Gasteiger partial charge on any atom is 0.256 e. The summed E-state index contributed by atoms with van der Waals surface area (Å²) in [6.07, 6.45) is 1.55. The fraction of sp³-hybridized carbons (Fsp3) is 0.250. The molecule has 7 heteroatoms. The van der Waals surface area contributed by atoms with Crippen molar-refractivity contribution >= 4 is 22.6 Å². The van der Waals surface area contributed by atoms with E-state index in [2.05, 4.69) is 20.4 Å². The fourth-order valence-electron chi connectivity index (χ4n) is 2.52. The third-order valence-corrected chi connectivity index (χ3v) is 3.54. The van der Waals surface area contributed by atoms with Crippen molar-refractivity contribution in [3.05, 3.63) is 41.3 Å². The van der Waals surface area contributed by atoms with Crippen molar-refractivity contribution in [2.24, 2.45) is 7.05 Å².